The number of hydrogen-bond acceptors (Lipinski definition) is 2. The van der Waals surface area contributed by atoms with Crippen molar-refractivity contribution >= 4 is 5.57 Å². The van der Waals surface area contributed by atoms with Crippen LogP contribution in [0.25, 0.3) is 5.57 Å². The Morgan fingerprint density at radius 2 is 2.21 bits per heavy atom. The molecule has 74 valence electrons. The number of aryl methyl sites for hydroxylation is 1. The van der Waals surface area contributed by atoms with Crippen molar-refractivity contribution < 1.29 is 0 Å². The van der Waals surface area contributed by atoms with Crippen LogP contribution >= 0.6 is 0 Å². The molecule has 1 aromatic rings. The molecule has 1 aliphatic rings. The minimum atomic E-state index is 1.06. The molecule has 0 fully saturated rings. The third-order valence-electron chi connectivity index (χ3n) is 2.69. The lowest BCUT2D eigenvalue weighted by Crippen LogP contribution is -2.23. The number of likely N-dealkylation sites (N-methyl/N-ethyl adjacent to an activating group) is 1. The van der Waals surface area contributed by atoms with Crippen molar-refractivity contribution in [1.29, 1.82) is 0 Å². The standard InChI is InChI=1S/C12H16N2/c1-10-3-4-12(9-13-10)11-5-7-14(2)8-6-11/h3-5,9H,6-8H2,1-2H3. The Morgan fingerprint density at radius 1 is 1.36 bits per heavy atom. The van der Waals surface area contributed by atoms with Crippen LogP contribution in [0.1, 0.15) is 17.7 Å². The van der Waals surface area contributed by atoms with E-state index in [0.717, 1.165) is 25.2 Å². The van der Waals surface area contributed by atoms with Gasteiger partial charge in [0.1, 0.15) is 0 Å². The summed E-state index contributed by atoms with van der Waals surface area (Å²) in [7, 11) is 2.15. The maximum absolute atomic E-state index is 4.32. The lowest BCUT2D eigenvalue weighted by Gasteiger charge is -2.21. The van der Waals surface area contributed by atoms with E-state index >= 15 is 0 Å². The second kappa shape index (κ2) is 3.93. The third-order valence-corrected chi connectivity index (χ3v) is 2.69. The zero-order valence-corrected chi connectivity index (χ0v) is 8.83. The molecule has 0 bridgehead atoms. The summed E-state index contributed by atoms with van der Waals surface area (Å²) in [5, 5.41) is 0. The van der Waals surface area contributed by atoms with Crippen molar-refractivity contribution in [3.8, 4) is 0 Å². The van der Waals surface area contributed by atoms with Crippen molar-refractivity contribution in [3.63, 3.8) is 0 Å². The first-order chi connectivity index (χ1) is 6.75. The van der Waals surface area contributed by atoms with Crippen molar-refractivity contribution in [2.45, 2.75) is 13.3 Å². The molecule has 0 unspecified atom stereocenters. The molecule has 0 N–H and O–H groups in total. The molecule has 2 rings (SSSR count). The van der Waals surface area contributed by atoms with E-state index in [0.29, 0.717) is 0 Å². The molecule has 0 aliphatic carbocycles. The molecule has 1 aromatic heterocycles. The molecule has 0 aromatic carbocycles. The van der Waals surface area contributed by atoms with Crippen LogP contribution in [0.15, 0.2) is 24.4 Å². The summed E-state index contributed by atoms with van der Waals surface area (Å²) in [6.45, 7) is 4.23. The molecule has 0 atom stereocenters. The van der Waals surface area contributed by atoms with E-state index in [1.807, 2.05) is 13.1 Å². The quantitative estimate of drug-likeness (QED) is 0.671. The fourth-order valence-electron chi connectivity index (χ4n) is 1.69. The van der Waals surface area contributed by atoms with Crippen LogP contribution in [0.2, 0.25) is 0 Å². The fourth-order valence-corrected chi connectivity index (χ4v) is 1.69. The van der Waals surface area contributed by atoms with E-state index in [1.165, 1.54) is 11.1 Å². The SMILES string of the molecule is Cc1ccc(C2=CCN(C)CC2)cn1. The fraction of sp³-hybridized carbons (Fsp3) is 0.417. The normalized spacial score (nSPS) is 18.0. The average Bonchev–Trinajstić information content (AvgIpc) is 2.21. The van der Waals surface area contributed by atoms with Gasteiger partial charge in [0.2, 0.25) is 0 Å². The summed E-state index contributed by atoms with van der Waals surface area (Å²) in [5.41, 5.74) is 3.81. The van der Waals surface area contributed by atoms with E-state index in [-0.39, 0.29) is 0 Å². The zero-order valence-electron chi connectivity index (χ0n) is 8.83. The Morgan fingerprint density at radius 3 is 2.79 bits per heavy atom. The van der Waals surface area contributed by atoms with E-state index in [2.05, 4.69) is 35.1 Å². The van der Waals surface area contributed by atoms with Gasteiger partial charge in [-0.15, -0.1) is 0 Å². The van der Waals surface area contributed by atoms with Gasteiger partial charge in [0.25, 0.3) is 0 Å². The number of nitrogens with zero attached hydrogens (tertiary/aromatic N) is 2. The topological polar surface area (TPSA) is 16.1 Å². The summed E-state index contributed by atoms with van der Waals surface area (Å²) in [6, 6.07) is 4.24. The molecule has 0 amide bonds. The van der Waals surface area contributed by atoms with Crippen molar-refractivity contribution in [2.75, 3.05) is 20.1 Å². The Labute approximate surface area is 85.3 Å². The predicted octanol–water partition coefficient (Wildman–Crippen LogP) is 2.11. The van der Waals surface area contributed by atoms with Crippen LogP contribution in [0, 0.1) is 6.92 Å². The van der Waals surface area contributed by atoms with Gasteiger partial charge in [-0.25, -0.2) is 0 Å². The maximum atomic E-state index is 4.32. The Bertz CT molecular complexity index is 338. The third kappa shape index (κ3) is 2.02. The van der Waals surface area contributed by atoms with Crippen LogP contribution in [-0.4, -0.2) is 30.0 Å². The molecule has 0 saturated carbocycles. The second-order valence-electron chi connectivity index (χ2n) is 3.93. The lowest BCUT2D eigenvalue weighted by atomic mass is 10.0. The largest absolute Gasteiger partial charge is 0.302 e. The average molecular weight is 188 g/mol. The summed E-state index contributed by atoms with van der Waals surface area (Å²) in [4.78, 5) is 6.64. The van der Waals surface area contributed by atoms with Crippen LogP contribution in [0.4, 0.5) is 0 Å². The Hall–Kier alpha value is -1.15. The van der Waals surface area contributed by atoms with Crippen LogP contribution < -0.4 is 0 Å². The monoisotopic (exact) mass is 188 g/mol. The van der Waals surface area contributed by atoms with E-state index in [4.69, 9.17) is 0 Å². The maximum Gasteiger partial charge on any atom is 0.0373 e. The minimum absolute atomic E-state index is 1.06. The van der Waals surface area contributed by atoms with Crippen LogP contribution in [0.3, 0.4) is 0 Å². The molecule has 2 heteroatoms. The highest BCUT2D eigenvalue weighted by atomic mass is 15.1. The van der Waals surface area contributed by atoms with Crippen LogP contribution in [0.5, 0.6) is 0 Å². The first kappa shape index (κ1) is 9.41. The first-order valence-electron chi connectivity index (χ1n) is 5.06. The van der Waals surface area contributed by atoms with Crippen molar-refractivity contribution in [2.24, 2.45) is 0 Å². The van der Waals surface area contributed by atoms with Gasteiger partial charge in [0.05, 0.1) is 0 Å². The van der Waals surface area contributed by atoms with Gasteiger partial charge in [0, 0.05) is 25.0 Å². The molecular formula is C12H16N2. The molecule has 0 saturated heterocycles. The second-order valence-corrected chi connectivity index (χ2v) is 3.93. The van der Waals surface area contributed by atoms with Gasteiger partial charge >= 0.3 is 0 Å². The van der Waals surface area contributed by atoms with Gasteiger partial charge < -0.3 is 4.90 Å². The lowest BCUT2D eigenvalue weighted by molar-refractivity contribution is 0.370. The minimum Gasteiger partial charge on any atom is -0.302 e. The van der Waals surface area contributed by atoms with Crippen molar-refractivity contribution in [3.05, 3.63) is 35.7 Å². The number of pyridine rings is 1. The first-order valence-corrected chi connectivity index (χ1v) is 5.06. The smallest absolute Gasteiger partial charge is 0.0373 e. The summed E-state index contributed by atoms with van der Waals surface area (Å²) >= 11 is 0. The summed E-state index contributed by atoms with van der Waals surface area (Å²) in [5.74, 6) is 0. The zero-order chi connectivity index (χ0) is 9.97. The molecule has 1 aliphatic heterocycles. The van der Waals surface area contributed by atoms with E-state index in [1.54, 1.807) is 0 Å². The van der Waals surface area contributed by atoms with E-state index < -0.39 is 0 Å². The van der Waals surface area contributed by atoms with Gasteiger partial charge in [-0.2, -0.15) is 0 Å². The predicted molar refractivity (Wildman–Crippen MR) is 59.1 cm³/mol. The highest BCUT2D eigenvalue weighted by molar-refractivity contribution is 5.65. The molecular weight excluding hydrogens is 172 g/mol. The summed E-state index contributed by atoms with van der Waals surface area (Å²) < 4.78 is 0. The molecule has 0 radical (unpaired) electrons. The molecule has 0 spiro atoms. The molecule has 2 heterocycles. The Balaban J connectivity index is 2.19. The molecule has 2 nitrogen and oxygen atoms in total. The van der Waals surface area contributed by atoms with Gasteiger partial charge in [-0.3, -0.25) is 4.98 Å². The highest BCUT2D eigenvalue weighted by Gasteiger charge is 2.09. The Kier molecular flexibility index (Phi) is 2.64. The highest BCUT2D eigenvalue weighted by Crippen LogP contribution is 2.20. The van der Waals surface area contributed by atoms with E-state index in [9.17, 15) is 0 Å². The van der Waals surface area contributed by atoms with Crippen molar-refractivity contribution in [1.82, 2.24) is 9.88 Å². The number of hydrogen-bond donors (Lipinski definition) is 0. The summed E-state index contributed by atoms with van der Waals surface area (Å²) in [6.07, 6.45) is 5.42. The number of rotatable bonds is 1. The number of aromatic nitrogens is 1. The van der Waals surface area contributed by atoms with Gasteiger partial charge in [-0.1, -0.05) is 12.1 Å². The molecule has 14 heavy (non-hydrogen) atoms. The van der Waals surface area contributed by atoms with Gasteiger partial charge in [0.15, 0.2) is 0 Å². The van der Waals surface area contributed by atoms with Crippen LogP contribution in [-0.2, 0) is 0 Å². The van der Waals surface area contributed by atoms with Gasteiger partial charge in [-0.05, 0) is 37.6 Å².